The van der Waals surface area contributed by atoms with E-state index in [9.17, 15) is 9.59 Å². The zero-order chi connectivity index (χ0) is 11.7. The summed E-state index contributed by atoms with van der Waals surface area (Å²) in [4.78, 5) is 23.4. The first-order valence-electron chi connectivity index (χ1n) is 5.74. The van der Waals surface area contributed by atoms with E-state index >= 15 is 0 Å². The molecule has 0 spiro atoms. The molecule has 2 N–H and O–H groups in total. The van der Waals surface area contributed by atoms with Crippen molar-refractivity contribution in [2.45, 2.75) is 31.7 Å². The van der Waals surface area contributed by atoms with E-state index in [-0.39, 0.29) is 24.9 Å². The number of carbonyl (C=O) groups is 2. The van der Waals surface area contributed by atoms with Crippen molar-refractivity contribution < 1.29 is 19.8 Å². The maximum absolute atomic E-state index is 10.7. The highest BCUT2D eigenvalue weighted by atomic mass is 16.4. The molecule has 3 unspecified atom stereocenters. The third-order valence-corrected chi connectivity index (χ3v) is 3.87. The predicted octanol–water partition coefficient (Wildman–Crippen LogP) is 0.646. The molecule has 3 atom stereocenters. The fraction of sp³-hybridized carbons (Fsp3) is 0.818. The Balaban J connectivity index is 1.95. The maximum Gasteiger partial charge on any atom is 0.317 e. The topological polar surface area (TPSA) is 77.8 Å². The molecule has 0 amide bonds. The van der Waals surface area contributed by atoms with Crippen LogP contribution in [0.2, 0.25) is 0 Å². The van der Waals surface area contributed by atoms with Crippen LogP contribution in [-0.4, -0.2) is 46.2 Å². The van der Waals surface area contributed by atoms with Gasteiger partial charge >= 0.3 is 11.9 Å². The van der Waals surface area contributed by atoms with Gasteiger partial charge in [0.15, 0.2) is 0 Å². The number of hydrogen-bond donors (Lipinski definition) is 2. The summed E-state index contributed by atoms with van der Waals surface area (Å²) in [6.07, 6.45) is 3.17. The molecule has 2 bridgehead atoms. The van der Waals surface area contributed by atoms with E-state index in [1.54, 1.807) is 0 Å². The molecule has 90 valence electrons. The minimum atomic E-state index is -0.790. The van der Waals surface area contributed by atoms with E-state index in [4.69, 9.17) is 10.2 Å². The minimum absolute atomic E-state index is 0.0982. The molecule has 3 rings (SSSR count). The van der Waals surface area contributed by atoms with Crippen molar-refractivity contribution in [1.82, 2.24) is 4.90 Å². The Kier molecular flexibility index (Phi) is 3.14. The second-order valence-corrected chi connectivity index (χ2v) is 4.91. The summed E-state index contributed by atoms with van der Waals surface area (Å²) in [5.74, 6) is -0.897. The molecule has 0 aromatic heterocycles. The molecule has 5 heteroatoms. The van der Waals surface area contributed by atoms with Crippen LogP contribution in [0.1, 0.15) is 25.7 Å². The smallest absolute Gasteiger partial charge is 0.317 e. The van der Waals surface area contributed by atoms with Crippen molar-refractivity contribution >= 4 is 11.9 Å². The number of piperidine rings is 2. The normalized spacial score (nSPS) is 33.9. The summed E-state index contributed by atoms with van der Waals surface area (Å²) in [5.41, 5.74) is 0. The molecule has 16 heavy (non-hydrogen) atoms. The van der Waals surface area contributed by atoms with Gasteiger partial charge in [0.05, 0.1) is 6.54 Å². The van der Waals surface area contributed by atoms with E-state index in [1.165, 1.54) is 0 Å². The molecule has 0 aromatic rings. The van der Waals surface area contributed by atoms with Gasteiger partial charge in [-0.2, -0.15) is 0 Å². The minimum Gasteiger partial charge on any atom is -0.481 e. The van der Waals surface area contributed by atoms with Crippen molar-refractivity contribution in [1.29, 1.82) is 0 Å². The molecule has 0 aromatic carbocycles. The second kappa shape index (κ2) is 4.41. The van der Waals surface area contributed by atoms with Gasteiger partial charge < -0.3 is 10.2 Å². The first-order valence-corrected chi connectivity index (χ1v) is 5.74. The number of rotatable bonds is 4. The molecule has 2 heterocycles. The molecular weight excluding hydrogens is 210 g/mol. The standard InChI is InChI=1S/C11H17NO4/c13-10(14)4-8-3-9-2-1-7(8)5-12(9)6-11(15)16/h7-9H,1-6H2,(H,13,14)(H,15,16). The van der Waals surface area contributed by atoms with Crippen LogP contribution in [0, 0.1) is 11.8 Å². The van der Waals surface area contributed by atoms with Gasteiger partial charge in [0.2, 0.25) is 0 Å². The summed E-state index contributed by atoms with van der Waals surface area (Å²) in [6.45, 7) is 0.857. The van der Waals surface area contributed by atoms with Crippen LogP contribution < -0.4 is 0 Å². The monoisotopic (exact) mass is 227 g/mol. The lowest BCUT2D eigenvalue weighted by molar-refractivity contribution is -0.144. The molecule has 2 saturated heterocycles. The highest BCUT2D eigenvalue weighted by Gasteiger charge is 2.41. The molecule has 2 aliphatic heterocycles. The zero-order valence-corrected chi connectivity index (χ0v) is 9.13. The average Bonchev–Trinajstić information content (AvgIpc) is 2.17. The van der Waals surface area contributed by atoms with Gasteiger partial charge in [0.1, 0.15) is 0 Å². The molecule has 3 aliphatic rings. The first kappa shape index (κ1) is 11.4. The predicted molar refractivity (Wildman–Crippen MR) is 56.1 cm³/mol. The summed E-state index contributed by atoms with van der Waals surface area (Å²) in [7, 11) is 0. The van der Waals surface area contributed by atoms with E-state index in [1.807, 2.05) is 4.90 Å². The number of nitrogens with zero attached hydrogens (tertiary/aromatic N) is 1. The molecule has 5 nitrogen and oxygen atoms in total. The Bertz CT molecular complexity index is 274. The number of hydrogen-bond acceptors (Lipinski definition) is 3. The van der Waals surface area contributed by atoms with Gasteiger partial charge in [-0.15, -0.1) is 0 Å². The van der Waals surface area contributed by atoms with Crippen molar-refractivity contribution in [2.24, 2.45) is 11.8 Å². The summed E-state index contributed by atoms with van der Waals surface area (Å²) < 4.78 is 0. The number of aliphatic carboxylic acids is 2. The third-order valence-electron chi connectivity index (χ3n) is 3.87. The SMILES string of the molecule is O=C(O)CC1CC2CCC1CN2CC(=O)O. The summed E-state index contributed by atoms with van der Waals surface area (Å²) in [5, 5.41) is 17.6. The summed E-state index contributed by atoms with van der Waals surface area (Å²) in [6, 6.07) is 0.283. The first-order chi connectivity index (χ1) is 7.56. The van der Waals surface area contributed by atoms with Crippen molar-refractivity contribution in [3.05, 3.63) is 0 Å². The van der Waals surface area contributed by atoms with Gasteiger partial charge in [0.25, 0.3) is 0 Å². The highest BCUT2D eigenvalue weighted by Crippen LogP contribution is 2.40. The molecule has 0 radical (unpaired) electrons. The Morgan fingerprint density at radius 3 is 2.44 bits per heavy atom. The largest absolute Gasteiger partial charge is 0.481 e. The molecule has 3 fully saturated rings. The van der Waals surface area contributed by atoms with Crippen LogP contribution in [-0.2, 0) is 9.59 Å². The number of fused-ring (bicyclic) bond motifs is 3. The van der Waals surface area contributed by atoms with E-state index in [2.05, 4.69) is 0 Å². The Labute approximate surface area is 94.0 Å². The zero-order valence-electron chi connectivity index (χ0n) is 9.13. The van der Waals surface area contributed by atoms with Crippen LogP contribution in [0.5, 0.6) is 0 Å². The van der Waals surface area contributed by atoms with E-state index in [0.717, 1.165) is 25.8 Å². The van der Waals surface area contributed by atoms with Crippen LogP contribution in [0.25, 0.3) is 0 Å². The van der Waals surface area contributed by atoms with E-state index < -0.39 is 11.9 Å². The summed E-state index contributed by atoms with van der Waals surface area (Å²) >= 11 is 0. The molecule has 1 aliphatic carbocycles. The van der Waals surface area contributed by atoms with Crippen LogP contribution >= 0.6 is 0 Å². The number of carboxylic acid groups (broad SMARTS) is 2. The van der Waals surface area contributed by atoms with Crippen molar-refractivity contribution in [3.8, 4) is 0 Å². The number of carboxylic acids is 2. The van der Waals surface area contributed by atoms with Gasteiger partial charge in [-0.05, 0) is 31.1 Å². The van der Waals surface area contributed by atoms with Crippen molar-refractivity contribution in [2.75, 3.05) is 13.1 Å². The van der Waals surface area contributed by atoms with Gasteiger partial charge in [-0.1, -0.05) is 0 Å². The Hall–Kier alpha value is -1.10. The quantitative estimate of drug-likeness (QED) is 0.737. The van der Waals surface area contributed by atoms with Crippen LogP contribution in [0.4, 0.5) is 0 Å². The van der Waals surface area contributed by atoms with Gasteiger partial charge in [-0.3, -0.25) is 14.5 Å². The fourth-order valence-corrected chi connectivity index (χ4v) is 3.17. The Morgan fingerprint density at radius 2 is 1.94 bits per heavy atom. The molecule has 1 saturated carbocycles. The second-order valence-electron chi connectivity index (χ2n) is 4.91. The van der Waals surface area contributed by atoms with Crippen LogP contribution in [0.15, 0.2) is 0 Å². The van der Waals surface area contributed by atoms with Gasteiger partial charge in [0, 0.05) is 19.0 Å². The lowest BCUT2D eigenvalue weighted by atomic mass is 9.71. The van der Waals surface area contributed by atoms with Crippen molar-refractivity contribution in [3.63, 3.8) is 0 Å². The highest BCUT2D eigenvalue weighted by molar-refractivity contribution is 5.69. The lowest BCUT2D eigenvalue weighted by Gasteiger charge is -2.48. The van der Waals surface area contributed by atoms with Gasteiger partial charge in [-0.25, -0.2) is 0 Å². The lowest BCUT2D eigenvalue weighted by Crippen LogP contribution is -2.53. The molecular formula is C11H17NO4. The average molecular weight is 227 g/mol. The fourth-order valence-electron chi connectivity index (χ4n) is 3.17. The Morgan fingerprint density at radius 1 is 1.19 bits per heavy atom. The third kappa shape index (κ3) is 2.35. The van der Waals surface area contributed by atoms with E-state index in [0.29, 0.717) is 5.92 Å². The maximum atomic E-state index is 10.7. The van der Waals surface area contributed by atoms with Crippen LogP contribution in [0.3, 0.4) is 0 Å².